The van der Waals surface area contributed by atoms with E-state index in [-0.39, 0.29) is 17.0 Å². The van der Waals surface area contributed by atoms with Gasteiger partial charge in [-0.1, -0.05) is 12.1 Å². The fraction of sp³-hybridized carbons (Fsp3) is 0.375. The monoisotopic (exact) mass is 351 g/mol. The van der Waals surface area contributed by atoms with Crippen LogP contribution in [-0.4, -0.2) is 28.9 Å². The van der Waals surface area contributed by atoms with Crippen molar-refractivity contribution in [2.24, 2.45) is 7.05 Å². The summed E-state index contributed by atoms with van der Waals surface area (Å²) in [5, 5.41) is 5.12. The molecular weight excluding hydrogens is 330 g/mol. The van der Waals surface area contributed by atoms with E-state index in [9.17, 15) is 18.0 Å². The van der Waals surface area contributed by atoms with Crippen molar-refractivity contribution in [3.63, 3.8) is 0 Å². The molecule has 0 atom stereocenters. The van der Waals surface area contributed by atoms with Crippen LogP contribution >= 0.6 is 0 Å². The Morgan fingerprint density at radius 3 is 2.25 bits per heavy atom. The zero-order chi connectivity index (χ0) is 18.1. The normalized spacial score (nSPS) is 12.2. The first kappa shape index (κ1) is 18.0. The zero-order valence-electron chi connectivity index (χ0n) is 14.1. The number of aromatic nitrogens is 2. The second kappa shape index (κ2) is 6.27. The Balaban J connectivity index is 2.11. The molecule has 0 bridgehead atoms. The number of hydrogen-bond donors (Lipinski definition) is 2. The molecule has 0 aliphatic heterocycles. The second-order valence-corrected chi connectivity index (χ2v) is 9.33. The zero-order valence-corrected chi connectivity index (χ0v) is 14.9. The summed E-state index contributed by atoms with van der Waals surface area (Å²) in [7, 11) is -1.70. The molecule has 0 saturated carbocycles. The van der Waals surface area contributed by atoms with Crippen LogP contribution < -0.4 is 10.9 Å². The largest absolute Gasteiger partial charge is 0.321 e. The first-order valence-corrected chi connectivity index (χ1v) is 9.03. The maximum atomic E-state index is 12.2. The maximum absolute atomic E-state index is 12.2. The van der Waals surface area contributed by atoms with Crippen molar-refractivity contribution in [1.82, 2.24) is 9.78 Å². The van der Waals surface area contributed by atoms with Crippen molar-refractivity contribution in [3.05, 3.63) is 51.9 Å². The van der Waals surface area contributed by atoms with Gasteiger partial charge in [0, 0.05) is 18.8 Å². The number of carbonyl (C=O) groups is 1. The first-order chi connectivity index (χ1) is 11.0. The highest BCUT2D eigenvalue weighted by molar-refractivity contribution is 7.91. The minimum atomic E-state index is -3.26. The highest BCUT2D eigenvalue weighted by atomic mass is 32.2. The highest BCUT2D eigenvalue weighted by Crippen LogP contribution is 2.21. The van der Waals surface area contributed by atoms with Crippen molar-refractivity contribution in [2.45, 2.75) is 31.3 Å². The van der Waals surface area contributed by atoms with Crippen molar-refractivity contribution in [3.8, 4) is 0 Å². The molecule has 1 aromatic heterocycles. The van der Waals surface area contributed by atoms with Gasteiger partial charge in [0.15, 0.2) is 9.84 Å². The summed E-state index contributed by atoms with van der Waals surface area (Å²) < 4.78 is 24.9. The smallest absolute Gasteiger partial charge is 0.273 e. The molecule has 1 amide bonds. The van der Waals surface area contributed by atoms with Gasteiger partial charge in [0.25, 0.3) is 11.5 Å². The van der Waals surface area contributed by atoms with Crippen LogP contribution in [0, 0.1) is 0 Å². The molecule has 2 aromatic rings. The van der Waals surface area contributed by atoms with Crippen molar-refractivity contribution in [2.75, 3.05) is 5.32 Å². The van der Waals surface area contributed by atoms with E-state index >= 15 is 0 Å². The van der Waals surface area contributed by atoms with Gasteiger partial charge in [-0.2, -0.15) is 0 Å². The van der Waals surface area contributed by atoms with Crippen LogP contribution in [-0.2, 0) is 22.6 Å². The number of aryl methyl sites for hydroxylation is 1. The fourth-order valence-corrected chi connectivity index (χ4v) is 3.08. The molecule has 0 fully saturated rings. The fourth-order valence-electron chi connectivity index (χ4n) is 2.01. The number of nitrogens with one attached hydrogen (secondary N) is 2. The van der Waals surface area contributed by atoms with E-state index < -0.39 is 20.5 Å². The number of H-pyrrole nitrogens is 1. The van der Waals surface area contributed by atoms with Gasteiger partial charge in [-0.3, -0.25) is 19.4 Å². The number of hydrogen-bond acceptors (Lipinski definition) is 4. The predicted octanol–water partition coefficient (Wildman–Crippen LogP) is 1.68. The van der Waals surface area contributed by atoms with Crippen LogP contribution in [0.1, 0.15) is 36.8 Å². The van der Waals surface area contributed by atoms with Crippen LogP contribution in [0.3, 0.4) is 0 Å². The number of sulfone groups is 1. The van der Waals surface area contributed by atoms with Gasteiger partial charge in [0.1, 0.15) is 5.69 Å². The van der Waals surface area contributed by atoms with Gasteiger partial charge >= 0.3 is 0 Å². The number of carbonyl (C=O) groups excluding carboxylic acids is 1. The summed E-state index contributed by atoms with van der Waals surface area (Å²) in [6.07, 6.45) is 0. The highest BCUT2D eigenvalue weighted by Gasteiger charge is 2.28. The number of amides is 1. The summed E-state index contributed by atoms with van der Waals surface area (Å²) in [6, 6.07) is 7.80. The predicted molar refractivity (Wildman–Crippen MR) is 92.8 cm³/mol. The van der Waals surface area contributed by atoms with Crippen molar-refractivity contribution in [1.29, 1.82) is 0 Å². The molecule has 2 N–H and O–H groups in total. The van der Waals surface area contributed by atoms with Crippen molar-refractivity contribution >= 4 is 21.4 Å². The average molecular weight is 351 g/mol. The molecule has 0 unspecified atom stereocenters. The van der Waals surface area contributed by atoms with Gasteiger partial charge in [-0.25, -0.2) is 8.42 Å². The maximum Gasteiger partial charge on any atom is 0.273 e. The molecule has 1 heterocycles. The first-order valence-electron chi connectivity index (χ1n) is 7.38. The molecule has 24 heavy (non-hydrogen) atoms. The standard InChI is InChI=1S/C16H21N3O4S/c1-16(2,3)24(22,23)10-11-5-7-12(8-6-11)17-15(21)13-9-14(20)18-19(13)4/h5-9H,10H2,1-4H3,(H,17,21)(H,18,20). The molecule has 0 aliphatic rings. The summed E-state index contributed by atoms with van der Waals surface area (Å²) in [6.45, 7) is 4.99. The molecule has 0 aliphatic carbocycles. The lowest BCUT2D eigenvalue weighted by atomic mass is 10.2. The van der Waals surface area contributed by atoms with Crippen LogP contribution in [0.5, 0.6) is 0 Å². The van der Waals surface area contributed by atoms with E-state index in [1.54, 1.807) is 52.1 Å². The van der Waals surface area contributed by atoms with E-state index in [0.29, 0.717) is 11.3 Å². The van der Waals surface area contributed by atoms with E-state index in [1.165, 1.54) is 10.7 Å². The summed E-state index contributed by atoms with van der Waals surface area (Å²) in [5.41, 5.74) is 1.02. The van der Waals surface area contributed by atoms with Crippen LogP contribution in [0.15, 0.2) is 35.1 Å². The average Bonchev–Trinajstić information content (AvgIpc) is 2.78. The molecule has 0 spiro atoms. The lowest BCUT2D eigenvalue weighted by Crippen LogP contribution is -2.29. The number of benzene rings is 1. The molecular formula is C16H21N3O4S. The Kier molecular flexibility index (Phi) is 4.70. The summed E-state index contributed by atoms with van der Waals surface area (Å²) >= 11 is 0. The van der Waals surface area contributed by atoms with Crippen LogP contribution in [0.4, 0.5) is 5.69 Å². The van der Waals surface area contributed by atoms with Crippen LogP contribution in [0.2, 0.25) is 0 Å². The molecule has 1 aromatic carbocycles. The molecule has 0 saturated heterocycles. The van der Waals surface area contributed by atoms with Gasteiger partial charge in [-0.15, -0.1) is 0 Å². The Morgan fingerprint density at radius 1 is 1.21 bits per heavy atom. The third kappa shape index (κ3) is 3.94. The van der Waals surface area contributed by atoms with Gasteiger partial charge < -0.3 is 5.32 Å². The van der Waals surface area contributed by atoms with E-state index in [2.05, 4.69) is 10.4 Å². The number of aromatic amines is 1. The van der Waals surface area contributed by atoms with Crippen molar-refractivity contribution < 1.29 is 13.2 Å². The van der Waals surface area contributed by atoms with E-state index in [1.807, 2.05) is 0 Å². The quantitative estimate of drug-likeness (QED) is 0.875. The minimum absolute atomic E-state index is 0.0585. The minimum Gasteiger partial charge on any atom is -0.321 e. The molecule has 2 rings (SSSR count). The number of rotatable bonds is 4. The Bertz CT molecular complexity index is 900. The summed E-state index contributed by atoms with van der Waals surface area (Å²) in [5.74, 6) is -0.484. The molecule has 8 heteroatoms. The third-order valence-electron chi connectivity index (χ3n) is 3.64. The van der Waals surface area contributed by atoms with E-state index in [0.717, 1.165) is 0 Å². The van der Waals surface area contributed by atoms with Gasteiger partial charge in [0.2, 0.25) is 0 Å². The number of nitrogens with zero attached hydrogens (tertiary/aromatic N) is 1. The van der Waals surface area contributed by atoms with Gasteiger partial charge in [-0.05, 0) is 38.5 Å². The Morgan fingerprint density at radius 2 is 1.79 bits per heavy atom. The Labute approximate surface area is 140 Å². The SMILES string of the molecule is Cn1[nH]c(=O)cc1C(=O)Nc1ccc(CS(=O)(=O)C(C)(C)C)cc1. The number of anilines is 1. The van der Waals surface area contributed by atoms with Crippen LogP contribution in [0.25, 0.3) is 0 Å². The molecule has 130 valence electrons. The van der Waals surface area contributed by atoms with Gasteiger partial charge in [0.05, 0.1) is 10.5 Å². The molecule has 0 radical (unpaired) electrons. The second-order valence-electron chi connectivity index (χ2n) is 6.59. The van der Waals surface area contributed by atoms with E-state index in [4.69, 9.17) is 0 Å². The Hall–Kier alpha value is -2.35. The summed E-state index contributed by atoms with van der Waals surface area (Å²) in [4.78, 5) is 23.3. The lowest BCUT2D eigenvalue weighted by molar-refractivity contribution is 0.101. The lowest BCUT2D eigenvalue weighted by Gasteiger charge is -2.19. The molecule has 7 nitrogen and oxygen atoms in total. The third-order valence-corrected chi connectivity index (χ3v) is 6.22. The topological polar surface area (TPSA) is 101 Å².